The highest BCUT2D eigenvalue weighted by Crippen LogP contribution is 2.20. The molecule has 0 spiro atoms. The van der Waals surface area contributed by atoms with Crippen LogP contribution >= 0.6 is 0 Å². The molecule has 5 nitrogen and oxygen atoms in total. The third-order valence-corrected chi connectivity index (χ3v) is 3.49. The first-order valence-electron chi connectivity index (χ1n) is 6.67. The van der Waals surface area contributed by atoms with Gasteiger partial charge in [0.1, 0.15) is 0 Å². The maximum atomic E-state index is 12.0. The summed E-state index contributed by atoms with van der Waals surface area (Å²) in [6.45, 7) is 8.65. The van der Waals surface area contributed by atoms with Crippen molar-refractivity contribution in [3.63, 3.8) is 0 Å². The van der Waals surface area contributed by atoms with Gasteiger partial charge >= 0.3 is 0 Å². The van der Waals surface area contributed by atoms with Crippen LogP contribution in [0, 0.1) is 0 Å². The fraction of sp³-hybridized carbons (Fsp3) is 0.846. The van der Waals surface area contributed by atoms with E-state index < -0.39 is 6.04 Å². The number of amides is 2. The van der Waals surface area contributed by atoms with E-state index in [4.69, 9.17) is 5.73 Å². The molecule has 104 valence electrons. The van der Waals surface area contributed by atoms with Crippen LogP contribution in [0.15, 0.2) is 0 Å². The molecule has 0 aromatic heterocycles. The zero-order chi connectivity index (χ0) is 13.9. The minimum Gasteiger partial charge on any atom is -0.338 e. The number of rotatable bonds is 4. The smallest absolute Gasteiger partial charge is 0.239 e. The monoisotopic (exact) mass is 255 g/mol. The highest BCUT2D eigenvalue weighted by Gasteiger charge is 2.32. The Labute approximate surface area is 109 Å². The van der Waals surface area contributed by atoms with Gasteiger partial charge in [0.05, 0.1) is 6.04 Å². The lowest BCUT2D eigenvalue weighted by molar-refractivity contribution is -0.137. The van der Waals surface area contributed by atoms with E-state index in [1.54, 1.807) is 13.8 Å². The Morgan fingerprint density at radius 3 is 2.44 bits per heavy atom. The fourth-order valence-corrected chi connectivity index (χ4v) is 2.51. The van der Waals surface area contributed by atoms with Crippen LogP contribution in [0.3, 0.4) is 0 Å². The molecule has 1 aliphatic heterocycles. The van der Waals surface area contributed by atoms with Gasteiger partial charge in [-0.15, -0.1) is 0 Å². The minimum atomic E-state index is -0.463. The second kappa shape index (κ2) is 6.18. The molecule has 18 heavy (non-hydrogen) atoms. The van der Waals surface area contributed by atoms with Crippen LogP contribution in [-0.2, 0) is 9.59 Å². The SMILES string of the molecule is CC(=O)N(CC1CCCN1C(=O)C(C)N)C(C)C. The van der Waals surface area contributed by atoms with E-state index >= 15 is 0 Å². The van der Waals surface area contributed by atoms with E-state index in [0.717, 1.165) is 19.4 Å². The van der Waals surface area contributed by atoms with Gasteiger partial charge < -0.3 is 15.5 Å². The summed E-state index contributed by atoms with van der Waals surface area (Å²) in [6, 6.07) is -0.180. The summed E-state index contributed by atoms with van der Waals surface area (Å²) >= 11 is 0. The third kappa shape index (κ3) is 3.45. The van der Waals surface area contributed by atoms with E-state index in [1.165, 1.54) is 0 Å². The second-order valence-electron chi connectivity index (χ2n) is 5.38. The molecule has 2 N–H and O–H groups in total. The van der Waals surface area contributed by atoms with Gasteiger partial charge in [0.25, 0.3) is 0 Å². The molecule has 1 aliphatic rings. The van der Waals surface area contributed by atoms with E-state index in [9.17, 15) is 9.59 Å². The number of carbonyl (C=O) groups is 2. The van der Waals surface area contributed by atoms with Crippen molar-refractivity contribution in [1.82, 2.24) is 9.80 Å². The summed E-state index contributed by atoms with van der Waals surface area (Å²) in [5.41, 5.74) is 5.66. The van der Waals surface area contributed by atoms with Crippen LogP contribution in [0.4, 0.5) is 0 Å². The van der Waals surface area contributed by atoms with E-state index in [-0.39, 0.29) is 23.9 Å². The molecule has 0 bridgehead atoms. The molecular formula is C13H25N3O2. The van der Waals surface area contributed by atoms with Gasteiger partial charge in [-0.1, -0.05) is 0 Å². The number of nitrogens with two attached hydrogens (primary N) is 1. The Morgan fingerprint density at radius 1 is 1.39 bits per heavy atom. The molecule has 1 heterocycles. The van der Waals surface area contributed by atoms with E-state index in [1.807, 2.05) is 23.6 Å². The summed E-state index contributed by atoms with van der Waals surface area (Å²) in [4.78, 5) is 27.2. The standard InChI is InChI=1S/C13H25N3O2/c1-9(2)16(11(4)17)8-12-6-5-7-15(12)13(18)10(3)14/h9-10,12H,5-8,14H2,1-4H3. The maximum absolute atomic E-state index is 12.0. The van der Waals surface area contributed by atoms with Crippen LogP contribution in [0.2, 0.25) is 0 Å². The second-order valence-corrected chi connectivity index (χ2v) is 5.38. The van der Waals surface area contributed by atoms with Gasteiger partial charge in [-0.25, -0.2) is 0 Å². The molecular weight excluding hydrogens is 230 g/mol. The highest BCUT2D eigenvalue weighted by atomic mass is 16.2. The summed E-state index contributed by atoms with van der Waals surface area (Å²) in [5, 5.41) is 0. The molecule has 0 aromatic carbocycles. The average Bonchev–Trinajstić information content (AvgIpc) is 2.71. The maximum Gasteiger partial charge on any atom is 0.239 e. The first-order chi connectivity index (χ1) is 8.34. The quantitative estimate of drug-likeness (QED) is 0.799. The van der Waals surface area contributed by atoms with Gasteiger partial charge in [-0.3, -0.25) is 9.59 Å². The van der Waals surface area contributed by atoms with Crippen LogP contribution < -0.4 is 5.73 Å². The number of carbonyl (C=O) groups excluding carboxylic acids is 2. The topological polar surface area (TPSA) is 66.6 Å². The van der Waals surface area contributed by atoms with Gasteiger partial charge in [0.15, 0.2) is 0 Å². The van der Waals surface area contributed by atoms with Crippen molar-refractivity contribution in [2.45, 2.75) is 58.7 Å². The number of hydrogen-bond acceptors (Lipinski definition) is 3. The number of hydrogen-bond donors (Lipinski definition) is 1. The Kier molecular flexibility index (Phi) is 5.14. The lowest BCUT2D eigenvalue weighted by Crippen LogP contribution is -2.50. The van der Waals surface area contributed by atoms with Crippen molar-refractivity contribution >= 4 is 11.8 Å². The molecule has 0 radical (unpaired) electrons. The first kappa shape index (κ1) is 15.0. The lowest BCUT2D eigenvalue weighted by atomic mass is 10.1. The normalized spacial score (nSPS) is 21.2. The van der Waals surface area contributed by atoms with Gasteiger partial charge in [0, 0.05) is 32.1 Å². The third-order valence-electron chi connectivity index (χ3n) is 3.49. The molecule has 1 saturated heterocycles. The molecule has 2 amide bonds. The molecule has 5 heteroatoms. The zero-order valence-electron chi connectivity index (χ0n) is 11.8. The summed E-state index contributed by atoms with van der Waals surface area (Å²) < 4.78 is 0. The molecule has 2 unspecified atom stereocenters. The highest BCUT2D eigenvalue weighted by molar-refractivity contribution is 5.82. The molecule has 0 aromatic rings. The average molecular weight is 255 g/mol. The van der Waals surface area contributed by atoms with Crippen molar-refractivity contribution in [2.24, 2.45) is 5.73 Å². The molecule has 0 aliphatic carbocycles. The Balaban J connectivity index is 2.70. The van der Waals surface area contributed by atoms with Crippen LogP contribution in [0.5, 0.6) is 0 Å². The van der Waals surface area contributed by atoms with Gasteiger partial charge in [-0.2, -0.15) is 0 Å². The first-order valence-corrected chi connectivity index (χ1v) is 6.67. The molecule has 1 rings (SSSR count). The van der Waals surface area contributed by atoms with E-state index in [2.05, 4.69) is 0 Å². The Hall–Kier alpha value is -1.10. The Morgan fingerprint density at radius 2 is 2.00 bits per heavy atom. The number of likely N-dealkylation sites (tertiary alicyclic amines) is 1. The predicted molar refractivity (Wildman–Crippen MR) is 70.9 cm³/mol. The molecule has 1 fully saturated rings. The lowest BCUT2D eigenvalue weighted by Gasteiger charge is -2.33. The predicted octanol–water partition coefficient (Wildman–Crippen LogP) is 0.582. The minimum absolute atomic E-state index is 0.00948. The zero-order valence-corrected chi connectivity index (χ0v) is 11.8. The van der Waals surface area contributed by atoms with E-state index in [0.29, 0.717) is 6.54 Å². The van der Waals surface area contributed by atoms with Gasteiger partial charge in [-0.05, 0) is 33.6 Å². The molecule has 2 atom stereocenters. The van der Waals surface area contributed by atoms with Crippen LogP contribution in [-0.4, -0.2) is 52.8 Å². The summed E-state index contributed by atoms with van der Waals surface area (Å²) in [6.07, 6.45) is 1.95. The summed E-state index contributed by atoms with van der Waals surface area (Å²) in [7, 11) is 0. The van der Waals surface area contributed by atoms with Crippen molar-refractivity contribution < 1.29 is 9.59 Å². The van der Waals surface area contributed by atoms with Crippen molar-refractivity contribution in [3.8, 4) is 0 Å². The fourth-order valence-electron chi connectivity index (χ4n) is 2.51. The van der Waals surface area contributed by atoms with Crippen molar-refractivity contribution in [2.75, 3.05) is 13.1 Å². The molecule has 0 saturated carbocycles. The number of nitrogens with zero attached hydrogens (tertiary/aromatic N) is 2. The van der Waals surface area contributed by atoms with Crippen LogP contribution in [0.1, 0.15) is 40.5 Å². The van der Waals surface area contributed by atoms with Crippen molar-refractivity contribution in [3.05, 3.63) is 0 Å². The van der Waals surface area contributed by atoms with Crippen LogP contribution in [0.25, 0.3) is 0 Å². The van der Waals surface area contributed by atoms with Crippen molar-refractivity contribution in [1.29, 1.82) is 0 Å². The van der Waals surface area contributed by atoms with Gasteiger partial charge in [0.2, 0.25) is 11.8 Å². The Bertz CT molecular complexity index is 315. The largest absolute Gasteiger partial charge is 0.338 e. The summed E-state index contributed by atoms with van der Waals surface area (Å²) in [5.74, 6) is 0.0508.